The Morgan fingerprint density at radius 1 is 0.889 bits per heavy atom. The molecule has 0 spiro atoms. The van der Waals surface area contributed by atoms with Crippen molar-refractivity contribution in [2.45, 2.75) is 6.54 Å². The summed E-state index contributed by atoms with van der Waals surface area (Å²) in [5, 5.41) is 2.06. The van der Waals surface area contributed by atoms with Gasteiger partial charge in [0.15, 0.2) is 17.3 Å². The van der Waals surface area contributed by atoms with Crippen LogP contribution in [0.3, 0.4) is 0 Å². The van der Waals surface area contributed by atoms with Crippen LogP contribution >= 0.6 is 11.3 Å². The maximum absolute atomic E-state index is 5.62. The van der Waals surface area contributed by atoms with Crippen LogP contribution in [0.15, 0.2) is 53.9 Å². The first-order valence-corrected chi connectivity index (χ1v) is 9.41. The third kappa shape index (κ3) is 3.13. The fourth-order valence-corrected chi connectivity index (χ4v) is 3.95. The molecule has 4 rings (SSSR count). The molecule has 4 aromatic rings. The molecule has 0 bridgehead atoms. The Balaban J connectivity index is 1.88. The van der Waals surface area contributed by atoms with Crippen LogP contribution in [0.25, 0.3) is 21.7 Å². The van der Waals surface area contributed by atoms with E-state index >= 15 is 0 Å². The van der Waals surface area contributed by atoms with Gasteiger partial charge in [0.25, 0.3) is 0 Å². The van der Waals surface area contributed by atoms with Crippen LogP contribution in [0.5, 0.6) is 17.2 Å². The Hall–Kier alpha value is -2.99. The Kier molecular flexibility index (Phi) is 4.73. The quantitative estimate of drug-likeness (QED) is 0.480. The highest BCUT2D eigenvalue weighted by Gasteiger charge is 2.17. The van der Waals surface area contributed by atoms with Crippen molar-refractivity contribution in [1.29, 1.82) is 0 Å². The third-order valence-corrected chi connectivity index (χ3v) is 5.35. The Bertz CT molecular complexity index is 1070. The number of benzene rings is 2. The molecule has 0 saturated heterocycles. The summed E-state index contributed by atoms with van der Waals surface area (Å²) in [6, 6.07) is 16.0. The highest BCUT2D eigenvalue weighted by atomic mass is 32.1. The number of rotatable bonds is 6. The van der Waals surface area contributed by atoms with E-state index in [2.05, 4.69) is 16.0 Å². The number of aromatic nitrogens is 2. The molecule has 0 unspecified atom stereocenters. The zero-order chi connectivity index (χ0) is 18.8. The lowest BCUT2D eigenvalue weighted by Gasteiger charge is -2.13. The highest BCUT2D eigenvalue weighted by molar-refractivity contribution is 7.13. The van der Waals surface area contributed by atoms with Gasteiger partial charge in [-0.3, -0.25) is 0 Å². The number of fused-ring (bicyclic) bond motifs is 1. The number of ether oxygens (including phenoxy) is 3. The molecule has 2 aromatic heterocycles. The van der Waals surface area contributed by atoms with Crippen molar-refractivity contribution in [3.8, 4) is 28.0 Å². The van der Waals surface area contributed by atoms with Gasteiger partial charge in [0, 0.05) is 6.54 Å². The minimum Gasteiger partial charge on any atom is -0.494 e. The molecule has 0 N–H and O–H groups in total. The van der Waals surface area contributed by atoms with Gasteiger partial charge in [0.1, 0.15) is 11.3 Å². The highest BCUT2D eigenvalue weighted by Crippen LogP contribution is 2.34. The first-order chi connectivity index (χ1) is 13.2. The van der Waals surface area contributed by atoms with Crippen LogP contribution in [0.4, 0.5) is 0 Å². The van der Waals surface area contributed by atoms with E-state index in [1.54, 1.807) is 32.7 Å². The molecule has 0 aliphatic heterocycles. The second kappa shape index (κ2) is 7.32. The summed E-state index contributed by atoms with van der Waals surface area (Å²) in [7, 11) is 4.97. The average Bonchev–Trinajstić information content (AvgIpc) is 3.35. The number of hydrogen-bond acceptors (Lipinski definition) is 5. The Morgan fingerprint density at radius 3 is 2.41 bits per heavy atom. The van der Waals surface area contributed by atoms with Gasteiger partial charge in [-0.1, -0.05) is 18.2 Å². The van der Waals surface area contributed by atoms with Gasteiger partial charge in [-0.2, -0.15) is 0 Å². The SMILES string of the molecule is COc1ccc(Cn2c(-c3cccs3)nc3cccc(OC)c32)cc1OC. The predicted molar refractivity (Wildman–Crippen MR) is 108 cm³/mol. The number of imidazole rings is 1. The molecule has 6 heteroatoms. The lowest BCUT2D eigenvalue weighted by molar-refractivity contribution is 0.354. The monoisotopic (exact) mass is 380 g/mol. The van der Waals surface area contributed by atoms with Crippen molar-refractivity contribution >= 4 is 22.4 Å². The minimum atomic E-state index is 0.643. The summed E-state index contributed by atoms with van der Waals surface area (Å²) in [6.07, 6.45) is 0. The molecule has 0 fully saturated rings. The van der Waals surface area contributed by atoms with Gasteiger partial charge in [-0.05, 0) is 41.3 Å². The van der Waals surface area contributed by atoms with Crippen LogP contribution in [0.2, 0.25) is 0 Å². The van der Waals surface area contributed by atoms with Crippen LogP contribution in [0, 0.1) is 0 Å². The van der Waals surface area contributed by atoms with E-state index in [1.807, 2.05) is 42.5 Å². The van der Waals surface area contributed by atoms with Gasteiger partial charge >= 0.3 is 0 Å². The lowest BCUT2D eigenvalue weighted by Crippen LogP contribution is -2.03. The van der Waals surface area contributed by atoms with Gasteiger partial charge in [0.2, 0.25) is 0 Å². The van der Waals surface area contributed by atoms with E-state index < -0.39 is 0 Å². The number of thiophene rings is 1. The maximum atomic E-state index is 5.62. The Labute approximate surface area is 161 Å². The van der Waals surface area contributed by atoms with Crippen molar-refractivity contribution in [2.75, 3.05) is 21.3 Å². The molecular formula is C21H20N2O3S. The van der Waals surface area contributed by atoms with Crippen molar-refractivity contribution in [1.82, 2.24) is 9.55 Å². The molecule has 0 radical (unpaired) electrons. The van der Waals surface area contributed by atoms with Crippen LogP contribution in [0.1, 0.15) is 5.56 Å². The zero-order valence-corrected chi connectivity index (χ0v) is 16.2. The summed E-state index contributed by atoms with van der Waals surface area (Å²) >= 11 is 1.67. The summed E-state index contributed by atoms with van der Waals surface area (Å²) in [4.78, 5) is 5.99. The van der Waals surface area contributed by atoms with Crippen molar-refractivity contribution < 1.29 is 14.2 Å². The lowest BCUT2D eigenvalue weighted by atomic mass is 10.2. The molecule has 0 aliphatic rings. The zero-order valence-electron chi connectivity index (χ0n) is 15.4. The Morgan fingerprint density at radius 2 is 1.70 bits per heavy atom. The van der Waals surface area contributed by atoms with Crippen LogP contribution in [-0.2, 0) is 6.54 Å². The third-order valence-electron chi connectivity index (χ3n) is 4.48. The van der Waals surface area contributed by atoms with Crippen LogP contribution in [-0.4, -0.2) is 30.9 Å². The molecule has 2 heterocycles. The average molecular weight is 380 g/mol. The molecule has 0 amide bonds. The van der Waals surface area contributed by atoms with Crippen LogP contribution < -0.4 is 14.2 Å². The van der Waals surface area contributed by atoms with Gasteiger partial charge in [-0.15, -0.1) is 11.3 Å². The topological polar surface area (TPSA) is 45.5 Å². The smallest absolute Gasteiger partial charge is 0.161 e. The summed E-state index contributed by atoms with van der Waals surface area (Å²) in [6.45, 7) is 0.643. The normalized spacial score (nSPS) is 10.9. The van der Waals surface area contributed by atoms with E-state index in [4.69, 9.17) is 19.2 Å². The molecule has 0 aliphatic carbocycles. The molecule has 138 valence electrons. The maximum Gasteiger partial charge on any atom is 0.161 e. The second-order valence-corrected chi connectivity index (χ2v) is 6.96. The minimum absolute atomic E-state index is 0.643. The van der Waals surface area contributed by atoms with E-state index in [-0.39, 0.29) is 0 Å². The number of hydrogen-bond donors (Lipinski definition) is 0. The van der Waals surface area contributed by atoms with Crippen molar-refractivity contribution in [2.24, 2.45) is 0 Å². The standard InChI is InChI=1S/C21H20N2O3S/c1-24-16-10-9-14(12-18(16)26-3)13-23-20-15(6-4-7-17(20)25-2)22-21(23)19-8-5-11-27-19/h4-12H,13H2,1-3H3. The second-order valence-electron chi connectivity index (χ2n) is 6.02. The van der Waals surface area contributed by atoms with Gasteiger partial charge < -0.3 is 18.8 Å². The summed E-state index contributed by atoms with van der Waals surface area (Å²) in [5.74, 6) is 3.17. The fraction of sp³-hybridized carbons (Fsp3) is 0.190. The van der Waals surface area contributed by atoms with E-state index in [0.717, 1.165) is 33.0 Å². The van der Waals surface area contributed by atoms with E-state index in [9.17, 15) is 0 Å². The molecular weight excluding hydrogens is 360 g/mol. The van der Waals surface area contributed by atoms with E-state index in [0.29, 0.717) is 18.0 Å². The molecule has 27 heavy (non-hydrogen) atoms. The van der Waals surface area contributed by atoms with Gasteiger partial charge in [-0.25, -0.2) is 4.98 Å². The molecule has 0 saturated carbocycles. The van der Waals surface area contributed by atoms with Crippen molar-refractivity contribution in [3.05, 3.63) is 59.5 Å². The molecule has 2 aromatic carbocycles. The summed E-state index contributed by atoms with van der Waals surface area (Å²) < 4.78 is 18.6. The molecule has 0 atom stereocenters. The largest absolute Gasteiger partial charge is 0.494 e. The first-order valence-electron chi connectivity index (χ1n) is 8.53. The number of nitrogens with zero attached hydrogens (tertiary/aromatic N) is 2. The van der Waals surface area contributed by atoms with E-state index in [1.165, 1.54) is 0 Å². The van der Waals surface area contributed by atoms with Gasteiger partial charge in [0.05, 0.1) is 31.7 Å². The fourth-order valence-electron chi connectivity index (χ4n) is 3.23. The number of methoxy groups -OCH3 is 3. The molecule has 5 nitrogen and oxygen atoms in total. The first kappa shape index (κ1) is 17.4. The predicted octanol–water partition coefficient (Wildman–Crippen LogP) is 4.84. The van der Waals surface area contributed by atoms with Crippen molar-refractivity contribution in [3.63, 3.8) is 0 Å². The summed E-state index contributed by atoms with van der Waals surface area (Å²) in [5.41, 5.74) is 2.99. The number of para-hydroxylation sites is 1.